The maximum atomic E-state index is 13.1. The Hall–Kier alpha value is -1.94. The summed E-state index contributed by atoms with van der Waals surface area (Å²) in [4.78, 5) is 72.7. The smallest absolute Gasteiger partial charge is 0.462 e. The van der Waals surface area contributed by atoms with Crippen molar-refractivity contribution in [3.8, 4) is 0 Å². The van der Waals surface area contributed by atoms with E-state index in [-0.39, 0.29) is 25.7 Å². The molecule has 17 nitrogen and oxygen atoms in total. The standard InChI is InChI=1S/C76H148O17P2/c1-8-10-11-12-33-43-50-57-73(78)86-63-71(92-76(81)60-53-46-39-32-25-23-28-35-41-48-55-68(5)6)65-90-94(82,83)88-61-70(77)62-89-95(84,85)91-66-72(64-87-74(79)58-51-44-37-30-26-24-29-36-42-49-56-69(7)9-2)93-75(80)59-52-45-38-31-22-20-18-16-14-13-15-17-19-21-27-34-40-47-54-67(3)4/h67-72,77H,8-66H2,1-7H3,(H,82,83)(H,84,85)/t69?,70-,71+,72+/m0/s1. The first-order valence-corrected chi connectivity index (χ1v) is 42.4. The molecule has 0 amide bonds. The van der Waals surface area contributed by atoms with Crippen molar-refractivity contribution >= 4 is 39.5 Å². The van der Waals surface area contributed by atoms with Gasteiger partial charge in [-0.05, 0) is 43.4 Å². The normalized spacial score (nSPS) is 14.4. The number of phosphoric acid groups is 2. The number of unbranched alkanes of at least 4 members (excludes halogenated alkanes) is 41. The Kier molecular flexibility index (Phi) is 65.2. The minimum Gasteiger partial charge on any atom is -0.462 e. The average Bonchev–Trinajstić information content (AvgIpc) is 1.72. The summed E-state index contributed by atoms with van der Waals surface area (Å²) in [6.07, 6.45) is 52.9. The van der Waals surface area contributed by atoms with Gasteiger partial charge in [-0.1, -0.05) is 337 Å². The fourth-order valence-electron chi connectivity index (χ4n) is 11.6. The highest BCUT2D eigenvalue weighted by Crippen LogP contribution is 2.45. The molecule has 0 saturated carbocycles. The molecule has 0 aliphatic heterocycles. The van der Waals surface area contributed by atoms with Gasteiger partial charge in [0.25, 0.3) is 0 Å². The number of ether oxygens (including phenoxy) is 4. The number of carbonyl (C=O) groups excluding carboxylic acids is 4. The second kappa shape index (κ2) is 66.6. The molecule has 0 spiro atoms. The first kappa shape index (κ1) is 93.1. The maximum absolute atomic E-state index is 13.1. The molecule has 564 valence electrons. The van der Waals surface area contributed by atoms with E-state index in [1.54, 1.807) is 0 Å². The Morgan fingerprint density at radius 2 is 0.537 bits per heavy atom. The largest absolute Gasteiger partial charge is 0.472 e. The monoisotopic (exact) mass is 1400 g/mol. The Labute approximate surface area is 581 Å². The predicted molar refractivity (Wildman–Crippen MR) is 386 cm³/mol. The molecule has 6 atom stereocenters. The van der Waals surface area contributed by atoms with Gasteiger partial charge in [-0.15, -0.1) is 0 Å². The fraction of sp³-hybridized carbons (Fsp3) is 0.947. The summed E-state index contributed by atoms with van der Waals surface area (Å²) < 4.78 is 68.4. The molecule has 3 N–H and O–H groups in total. The van der Waals surface area contributed by atoms with Crippen LogP contribution < -0.4 is 0 Å². The zero-order valence-corrected chi connectivity index (χ0v) is 63.9. The Balaban J connectivity index is 5.17. The highest BCUT2D eigenvalue weighted by Gasteiger charge is 2.30. The number of hydrogen-bond acceptors (Lipinski definition) is 15. The van der Waals surface area contributed by atoms with Crippen molar-refractivity contribution < 1.29 is 80.2 Å². The molecule has 0 fully saturated rings. The van der Waals surface area contributed by atoms with E-state index < -0.39 is 97.5 Å². The molecule has 19 heteroatoms. The van der Waals surface area contributed by atoms with Crippen LogP contribution in [-0.2, 0) is 65.4 Å². The highest BCUT2D eigenvalue weighted by atomic mass is 31.2. The van der Waals surface area contributed by atoms with Crippen LogP contribution in [-0.4, -0.2) is 96.7 Å². The summed E-state index contributed by atoms with van der Waals surface area (Å²) in [5.74, 6) is 0.259. The van der Waals surface area contributed by atoms with Crippen molar-refractivity contribution in [2.24, 2.45) is 17.8 Å². The lowest BCUT2D eigenvalue weighted by atomic mass is 9.99. The second-order valence-corrected chi connectivity index (χ2v) is 31.5. The second-order valence-electron chi connectivity index (χ2n) is 28.6. The first-order valence-electron chi connectivity index (χ1n) is 39.4. The average molecular weight is 1400 g/mol. The quantitative estimate of drug-likeness (QED) is 0.0222. The summed E-state index contributed by atoms with van der Waals surface area (Å²) in [6, 6.07) is 0. The topological polar surface area (TPSA) is 237 Å². The number of carbonyl (C=O) groups is 4. The number of phosphoric ester groups is 2. The molecule has 0 saturated heterocycles. The third-order valence-electron chi connectivity index (χ3n) is 18.0. The summed E-state index contributed by atoms with van der Waals surface area (Å²) >= 11 is 0. The number of esters is 4. The SMILES string of the molecule is CCCCCCCCCC(=O)OC[C@H](COP(=O)(O)OC[C@H](O)COP(=O)(O)OC[C@@H](COC(=O)CCCCCCCCCCCCC(C)CC)OC(=O)CCCCCCCCCCCCCCCCCCCCC(C)C)OC(=O)CCCCCCCCCCCCC(C)C. The predicted octanol–water partition coefficient (Wildman–Crippen LogP) is 22.2. The van der Waals surface area contributed by atoms with Crippen LogP contribution in [0.5, 0.6) is 0 Å². The molecule has 95 heavy (non-hydrogen) atoms. The van der Waals surface area contributed by atoms with E-state index in [9.17, 15) is 43.2 Å². The number of aliphatic hydroxyl groups excluding tert-OH is 1. The number of hydrogen-bond donors (Lipinski definition) is 3. The van der Waals surface area contributed by atoms with E-state index >= 15 is 0 Å². The zero-order valence-electron chi connectivity index (χ0n) is 62.1. The molecular weight excluding hydrogens is 1250 g/mol. The lowest BCUT2D eigenvalue weighted by Crippen LogP contribution is -2.30. The van der Waals surface area contributed by atoms with Gasteiger partial charge in [-0.3, -0.25) is 37.3 Å². The minimum atomic E-state index is -4.96. The first-order chi connectivity index (χ1) is 45.8. The summed E-state index contributed by atoms with van der Waals surface area (Å²) in [5.41, 5.74) is 0. The lowest BCUT2D eigenvalue weighted by Gasteiger charge is -2.21. The van der Waals surface area contributed by atoms with E-state index in [4.69, 9.17) is 37.0 Å². The van der Waals surface area contributed by atoms with Crippen LogP contribution in [0.3, 0.4) is 0 Å². The summed E-state index contributed by atoms with van der Waals surface area (Å²) in [7, 11) is -9.91. The van der Waals surface area contributed by atoms with E-state index in [2.05, 4.69) is 48.5 Å². The highest BCUT2D eigenvalue weighted by molar-refractivity contribution is 7.47. The van der Waals surface area contributed by atoms with E-state index in [1.165, 1.54) is 186 Å². The van der Waals surface area contributed by atoms with Gasteiger partial charge in [0.1, 0.15) is 19.3 Å². The molecule has 0 aromatic rings. The Bertz CT molecular complexity index is 1850. The molecular formula is C76H148O17P2. The van der Waals surface area contributed by atoms with Gasteiger partial charge in [0.15, 0.2) is 12.2 Å². The van der Waals surface area contributed by atoms with Gasteiger partial charge in [0.2, 0.25) is 0 Å². The van der Waals surface area contributed by atoms with Crippen LogP contribution in [0.4, 0.5) is 0 Å². The van der Waals surface area contributed by atoms with Crippen molar-refractivity contribution in [1.29, 1.82) is 0 Å². The van der Waals surface area contributed by atoms with Gasteiger partial charge >= 0.3 is 39.5 Å². The summed E-state index contributed by atoms with van der Waals surface area (Å²) in [6.45, 7) is 11.9. The molecule has 0 aromatic carbocycles. The van der Waals surface area contributed by atoms with Gasteiger partial charge in [-0.2, -0.15) is 0 Å². The van der Waals surface area contributed by atoms with Crippen molar-refractivity contribution in [3.63, 3.8) is 0 Å². The summed E-state index contributed by atoms with van der Waals surface area (Å²) in [5, 5.41) is 10.6. The van der Waals surface area contributed by atoms with Crippen molar-refractivity contribution in [3.05, 3.63) is 0 Å². The Morgan fingerprint density at radius 1 is 0.305 bits per heavy atom. The van der Waals surface area contributed by atoms with Crippen LogP contribution in [0, 0.1) is 17.8 Å². The number of aliphatic hydroxyl groups is 1. The molecule has 0 heterocycles. The van der Waals surface area contributed by atoms with Crippen LogP contribution in [0.1, 0.15) is 389 Å². The maximum Gasteiger partial charge on any atom is 0.472 e. The number of rotatable bonds is 74. The van der Waals surface area contributed by atoms with Gasteiger partial charge < -0.3 is 33.8 Å². The zero-order chi connectivity index (χ0) is 70.1. The van der Waals surface area contributed by atoms with E-state index in [0.717, 1.165) is 120 Å². The third-order valence-corrected chi connectivity index (χ3v) is 19.9. The van der Waals surface area contributed by atoms with E-state index in [0.29, 0.717) is 25.7 Å². The molecule has 0 bridgehead atoms. The minimum absolute atomic E-state index is 0.105. The van der Waals surface area contributed by atoms with Crippen LogP contribution in [0.2, 0.25) is 0 Å². The molecule has 0 radical (unpaired) electrons. The van der Waals surface area contributed by atoms with Crippen LogP contribution in [0.25, 0.3) is 0 Å². The lowest BCUT2D eigenvalue weighted by molar-refractivity contribution is -0.161. The fourth-order valence-corrected chi connectivity index (χ4v) is 13.1. The van der Waals surface area contributed by atoms with Crippen molar-refractivity contribution in [2.75, 3.05) is 39.6 Å². The molecule has 0 rings (SSSR count). The molecule has 0 aliphatic rings. The Morgan fingerprint density at radius 3 is 0.800 bits per heavy atom. The third kappa shape index (κ3) is 69.0. The molecule has 0 aliphatic carbocycles. The van der Waals surface area contributed by atoms with Crippen LogP contribution in [0.15, 0.2) is 0 Å². The van der Waals surface area contributed by atoms with Gasteiger partial charge in [0.05, 0.1) is 26.4 Å². The van der Waals surface area contributed by atoms with E-state index in [1.807, 2.05) is 0 Å². The van der Waals surface area contributed by atoms with Gasteiger partial charge in [0, 0.05) is 25.7 Å². The molecule has 0 aromatic heterocycles. The van der Waals surface area contributed by atoms with Gasteiger partial charge in [-0.25, -0.2) is 9.13 Å². The molecule has 3 unspecified atom stereocenters. The van der Waals surface area contributed by atoms with Crippen LogP contribution >= 0.6 is 15.6 Å². The van der Waals surface area contributed by atoms with Crippen molar-refractivity contribution in [2.45, 2.75) is 407 Å². The van der Waals surface area contributed by atoms with Crippen molar-refractivity contribution in [1.82, 2.24) is 0 Å².